The van der Waals surface area contributed by atoms with Crippen LogP contribution in [0.2, 0.25) is 0 Å². The predicted molar refractivity (Wildman–Crippen MR) is 83.5 cm³/mol. The van der Waals surface area contributed by atoms with Gasteiger partial charge in [0.1, 0.15) is 0 Å². The molecule has 1 saturated carbocycles. The molecule has 1 heterocycles. The Morgan fingerprint density at radius 2 is 1.82 bits per heavy atom. The number of likely N-dealkylation sites (tertiary alicyclic amines) is 1. The zero-order valence-electron chi connectivity index (χ0n) is 13.0. The SMILES string of the molecule is Cc1ccc(CC2CCCN2C(=O)C2CCC2C(=O)O)cc1. The first-order chi connectivity index (χ1) is 10.6. The van der Waals surface area contributed by atoms with E-state index in [1.54, 1.807) is 0 Å². The minimum absolute atomic E-state index is 0.0632. The molecule has 1 aromatic carbocycles. The smallest absolute Gasteiger partial charge is 0.307 e. The Balaban J connectivity index is 1.66. The van der Waals surface area contributed by atoms with Crippen molar-refractivity contribution in [1.82, 2.24) is 4.90 Å². The molecule has 4 heteroatoms. The monoisotopic (exact) mass is 301 g/mol. The van der Waals surface area contributed by atoms with Crippen LogP contribution in [0.4, 0.5) is 0 Å². The number of carbonyl (C=O) groups is 2. The third-order valence-electron chi connectivity index (χ3n) is 5.16. The molecular weight excluding hydrogens is 278 g/mol. The fourth-order valence-electron chi connectivity index (χ4n) is 3.64. The van der Waals surface area contributed by atoms with Gasteiger partial charge < -0.3 is 10.0 Å². The number of aryl methyl sites for hydroxylation is 1. The van der Waals surface area contributed by atoms with Gasteiger partial charge in [-0.1, -0.05) is 29.8 Å². The Labute approximate surface area is 131 Å². The zero-order chi connectivity index (χ0) is 15.7. The summed E-state index contributed by atoms with van der Waals surface area (Å²) in [5, 5.41) is 9.15. The van der Waals surface area contributed by atoms with E-state index in [0.29, 0.717) is 6.42 Å². The van der Waals surface area contributed by atoms with E-state index in [1.165, 1.54) is 11.1 Å². The van der Waals surface area contributed by atoms with Crippen LogP contribution in [0.25, 0.3) is 0 Å². The van der Waals surface area contributed by atoms with Gasteiger partial charge in [-0.25, -0.2) is 0 Å². The quantitative estimate of drug-likeness (QED) is 0.930. The third-order valence-corrected chi connectivity index (χ3v) is 5.16. The van der Waals surface area contributed by atoms with Crippen molar-refractivity contribution in [1.29, 1.82) is 0 Å². The molecule has 0 spiro atoms. The van der Waals surface area contributed by atoms with Gasteiger partial charge in [0.25, 0.3) is 0 Å². The fourth-order valence-corrected chi connectivity index (χ4v) is 3.64. The summed E-state index contributed by atoms with van der Waals surface area (Å²) in [6.45, 7) is 2.84. The van der Waals surface area contributed by atoms with Gasteiger partial charge in [0.2, 0.25) is 5.91 Å². The maximum Gasteiger partial charge on any atom is 0.307 e. The van der Waals surface area contributed by atoms with Crippen molar-refractivity contribution in [2.75, 3.05) is 6.54 Å². The largest absolute Gasteiger partial charge is 0.481 e. The summed E-state index contributed by atoms with van der Waals surface area (Å²) in [5.74, 6) is -1.52. The Kier molecular flexibility index (Phi) is 4.19. The summed E-state index contributed by atoms with van der Waals surface area (Å²) >= 11 is 0. The molecule has 3 unspecified atom stereocenters. The van der Waals surface area contributed by atoms with Gasteiger partial charge in [-0.2, -0.15) is 0 Å². The molecular formula is C18H23NO3. The van der Waals surface area contributed by atoms with Gasteiger partial charge in [0, 0.05) is 12.6 Å². The number of aliphatic carboxylic acids is 1. The highest BCUT2D eigenvalue weighted by molar-refractivity contribution is 5.86. The Bertz CT molecular complexity index is 566. The molecule has 118 valence electrons. The van der Waals surface area contributed by atoms with E-state index < -0.39 is 11.9 Å². The minimum atomic E-state index is -0.820. The normalized spacial score (nSPS) is 27.5. The number of hydrogen-bond donors (Lipinski definition) is 1. The van der Waals surface area contributed by atoms with Crippen LogP contribution in [-0.2, 0) is 16.0 Å². The molecule has 2 fully saturated rings. The first-order valence-corrected chi connectivity index (χ1v) is 8.15. The van der Waals surface area contributed by atoms with Crippen molar-refractivity contribution in [3.8, 4) is 0 Å². The summed E-state index contributed by atoms with van der Waals surface area (Å²) in [6.07, 6.45) is 4.28. The van der Waals surface area contributed by atoms with E-state index in [2.05, 4.69) is 31.2 Å². The highest BCUT2D eigenvalue weighted by Crippen LogP contribution is 2.37. The van der Waals surface area contributed by atoms with Gasteiger partial charge in [-0.05, 0) is 44.6 Å². The molecule has 2 aliphatic rings. The average Bonchev–Trinajstić information content (AvgIpc) is 2.87. The zero-order valence-corrected chi connectivity index (χ0v) is 13.0. The maximum atomic E-state index is 12.7. The molecule has 3 rings (SSSR count). The van der Waals surface area contributed by atoms with Crippen molar-refractivity contribution in [2.45, 2.75) is 45.1 Å². The molecule has 1 aliphatic heterocycles. The lowest BCUT2D eigenvalue weighted by atomic mass is 9.73. The second-order valence-corrected chi connectivity index (χ2v) is 6.65. The van der Waals surface area contributed by atoms with Crippen molar-refractivity contribution in [3.63, 3.8) is 0 Å². The van der Waals surface area contributed by atoms with E-state index in [0.717, 1.165) is 32.2 Å². The van der Waals surface area contributed by atoms with Gasteiger partial charge in [0.05, 0.1) is 11.8 Å². The van der Waals surface area contributed by atoms with Crippen LogP contribution in [0.1, 0.15) is 36.8 Å². The van der Waals surface area contributed by atoms with E-state index in [9.17, 15) is 9.59 Å². The Hall–Kier alpha value is -1.84. The van der Waals surface area contributed by atoms with Crippen LogP contribution < -0.4 is 0 Å². The van der Waals surface area contributed by atoms with Crippen LogP contribution in [0.5, 0.6) is 0 Å². The van der Waals surface area contributed by atoms with E-state index >= 15 is 0 Å². The third kappa shape index (κ3) is 2.87. The number of carbonyl (C=O) groups excluding carboxylic acids is 1. The van der Waals surface area contributed by atoms with Crippen LogP contribution in [0.15, 0.2) is 24.3 Å². The summed E-state index contributed by atoms with van der Waals surface area (Å²) in [4.78, 5) is 25.7. The van der Waals surface area contributed by atoms with Crippen LogP contribution in [0.3, 0.4) is 0 Å². The second kappa shape index (κ2) is 6.11. The second-order valence-electron chi connectivity index (χ2n) is 6.65. The van der Waals surface area contributed by atoms with Crippen LogP contribution in [0, 0.1) is 18.8 Å². The number of benzene rings is 1. The first-order valence-electron chi connectivity index (χ1n) is 8.15. The number of amides is 1. The number of carboxylic acids is 1. The molecule has 1 aromatic rings. The van der Waals surface area contributed by atoms with Crippen LogP contribution >= 0.6 is 0 Å². The molecule has 0 aromatic heterocycles. The molecule has 3 atom stereocenters. The Morgan fingerprint density at radius 1 is 1.14 bits per heavy atom. The number of carboxylic acid groups (broad SMARTS) is 1. The highest BCUT2D eigenvalue weighted by Gasteiger charge is 2.45. The topological polar surface area (TPSA) is 57.6 Å². The summed E-state index contributed by atoms with van der Waals surface area (Å²) < 4.78 is 0. The first kappa shape index (κ1) is 15.1. The number of nitrogens with zero attached hydrogens (tertiary/aromatic N) is 1. The molecule has 1 amide bonds. The van der Waals surface area contributed by atoms with E-state index in [-0.39, 0.29) is 17.9 Å². The molecule has 4 nitrogen and oxygen atoms in total. The molecule has 0 bridgehead atoms. The lowest BCUT2D eigenvalue weighted by molar-refractivity contribution is -0.157. The lowest BCUT2D eigenvalue weighted by Crippen LogP contribution is -2.48. The Morgan fingerprint density at radius 3 is 2.41 bits per heavy atom. The van der Waals surface area contributed by atoms with E-state index in [4.69, 9.17) is 5.11 Å². The molecule has 0 radical (unpaired) electrons. The fraction of sp³-hybridized carbons (Fsp3) is 0.556. The summed E-state index contributed by atoms with van der Waals surface area (Å²) in [5.41, 5.74) is 2.49. The lowest BCUT2D eigenvalue weighted by Gasteiger charge is -2.37. The standard InChI is InChI=1S/C18H23NO3/c1-12-4-6-13(7-5-12)11-14-3-2-10-19(14)17(20)15-8-9-16(15)18(21)22/h4-7,14-16H,2-3,8-11H2,1H3,(H,21,22). The van der Waals surface area contributed by atoms with Crippen molar-refractivity contribution in [2.24, 2.45) is 11.8 Å². The van der Waals surface area contributed by atoms with Crippen molar-refractivity contribution in [3.05, 3.63) is 35.4 Å². The highest BCUT2D eigenvalue weighted by atomic mass is 16.4. The number of hydrogen-bond acceptors (Lipinski definition) is 2. The van der Waals surface area contributed by atoms with E-state index in [1.807, 2.05) is 4.90 Å². The summed E-state index contributed by atoms with van der Waals surface area (Å²) in [6, 6.07) is 8.68. The molecule has 1 N–H and O–H groups in total. The van der Waals surface area contributed by atoms with Crippen molar-refractivity contribution < 1.29 is 14.7 Å². The van der Waals surface area contributed by atoms with Crippen LogP contribution in [-0.4, -0.2) is 34.5 Å². The van der Waals surface area contributed by atoms with Gasteiger partial charge >= 0.3 is 5.97 Å². The molecule has 22 heavy (non-hydrogen) atoms. The molecule has 1 aliphatic carbocycles. The molecule has 1 saturated heterocycles. The van der Waals surface area contributed by atoms with Gasteiger partial charge in [0.15, 0.2) is 0 Å². The minimum Gasteiger partial charge on any atom is -0.481 e. The van der Waals surface area contributed by atoms with Gasteiger partial charge in [-0.3, -0.25) is 9.59 Å². The maximum absolute atomic E-state index is 12.7. The van der Waals surface area contributed by atoms with Gasteiger partial charge in [-0.15, -0.1) is 0 Å². The average molecular weight is 301 g/mol. The summed E-state index contributed by atoms with van der Waals surface area (Å²) in [7, 11) is 0. The predicted octanol–water partition coefficient (Wildman–Crippen LogP) is 2.64. The number of rotatable bonds is 4. The van der Waals surface area contributed by atoms with Crippen molar-refractivity contribution >= 4 is 11.9 Å².